The summed E-state index contributed by atoms with van der Waals surface area (Å²) >= 11 is 0. The normalized spacial score (nSPS) is 27.4. The lowest BCUT2D eigenvalue weighted by molar-refractivity contribution is 0.157. The molecular formula is C16H20N2. The van der Waals surface area contributed by atoms with E-state index in [0.29, 0.717) is 0 Å². The van der Waals surface area contributed by atoms with Crippen molar-refractivity contribution < 1.29 is 0 Å². The molecule has 4 rings (SSSR count). The molecule has 1 fully saturated rings. The Bertz CT molecular complexity index is 611. The molecule has 2 heteroatoms. The Morgan fingerprint density at radius 2 is 2.11 bits per heavy atom. The maximum Gasteiger partial charge on any atom is 0.0483 e. The fourth-order valence-corrected chi connectivity index (χ4v) is 4.15. The molecule has 0 bridgehead atoms. The van der Waals surface area contributed by atoms with Crippen LogP contribution in [0.5, 0.6) is 0 Å². The van der Waals surface area contributed by atoms with E-state index in [2.05, 4.69) is 48.0 Å². The lowest BCUT2D eigenvalue weighted by Gasteiger charge is -2.42. The SMILES string of the molecule is CN1CCCC2c3cccc4c3c(cn4C)C[C@H]21. The van der Waals surface area contributed by atoms with Crippen LogP contribution in [0.2, 0.25) is 0 Å². The summed E-state index contributed by atoms with van der Waals surface area (Å²) < 4.78 is 2.30. The predicted octanol–water partition coefficient (Wildman–Crippen LogP) is 2.91. The molecule has 2 heterocycles. The topological polar surface area (TPSA) is 8.17 Å². The van der Waals surface area contributed by atoms with Gasteiger partial charge in [-0.2, -0.15) is 0 Å². The van der Waals surface area contributed by atoms with Crippen LogP contribution in [0, 0.1) is 0 Å². The van der Waals surface area contributed by atoms with Gasteiger partial charge in [0.1, 0.15) is 0 Å². The number of rotatable bonds is 0. The number of fused-ring (bicyclic) bond motifs is 2. The van der Waals surface area contributed by atoms with Gasteiger partial charge in [-0.25, -0.2) is 0 Å². The van der Waals surface area contributed by atoms with Crippen LogP contribution in [0.15, 0.2) is 24.4 Å². The number of benzene rings is 1. The highest BCUT2D eigenvalue weighted by Gasteiger charge is 2.35. The first kappa shape index (κ1) is 10.6. The van der Waals surface area contributed by atoms with Crippen molar-refractivity contribution in [3.8, 4) is 0 Å². The molecule has 0 N–H and O–H groups in total. The number of hydrogen-bond acceptors (Lipinski definition) is 1. The molecule has 1 aromatic heterocycles. The molecule has 0 radical (unpaired) electrons. The van der Waals surface area contributed by atoms with Crippen LogP contribution in [-0.2, 0) is 13.5 Å². The van der Waals surface area contributed by atoms with Crippen molar-refractivity contribution in [3.05, 3.63) is 35.5 Å². The zero-order chi connectivity index (χ0) is 12.3. The van der Waals surface area contributed by atoms with E-state index < -0.39 is 0 Å². The fourth-order valence-electron chi connectivity index (χ4n) is 4.15. The summed E-state index contributed by atoms with van der Waals surface area (Å²) in [6, 6.07) is 7.58. The van der Waals surface area contributed by atoms with Crippen LogP contribution in [0.25, 0.3) is 10.9 Å². The van der Waals surface area contributed by atoms with Gasteiger partial charge < -0.3 is 9.47 Å². The highest BCUT2D eigenvalue weighted by atomic mass is 15.1. The van der Waals surface area contributed by atoms with E-state index in [1.54, 1.807) is 16.5 Å². The second-order valence-corrected chi connectivity index (χ2v) is 6.01. The molecule has 18 heavy (non-hydrogen) atoms. The zero-order valence-electron chi connectivity index (χ0n) is 11.2. The Morgan fingerprint density at radius 3 is 3.00 bits per heavy atom. The average Bonchev–Trinajstić information content (AvgIpc) is 2.70. The minimum atomic E-state index is 0.722. The third-order valence-corrected chi connectivity index (χ3v) is 5.01. The number of piperidine rings is 1. The van der Waals surface area contributed by atoms with Crippen LogP contribution < -0.4 is 0 Å². The lowest BCUT2D eigenvalue weighted by atomic mass is 9.75. The summed E-state index contributed by atoms with van der Waals surface area (Å²) in [6.07, 6.45) is 6.28. The summed E-state index contributed by atoms with van der Waals surface area (Å²) in [4.78, 5) is 2.57. The molecule has 1 unspecified atom stereocenters. The Kier molecular flexibility index (Phi) is 2.13. The number of likely N-dealkylation sites (tertiary alicyclic amines) is 1. The van der Waals surface area contributed by atoms with Gasteiger partial charge in [0.25, 0.3) is 0 Å². The maximum absolute atomic E-state index is 2.57. The largest absolute Gasteiger partial charge is 0.350 e. The number of hydrogen-bond donors (Lipinski definition) is 0. The molecule has 2 atom stereocenters. The molecule has 1 aromatic carbocycles. The van der Waals surface area contributed by atoms with Crippen molar-refractivity contribution in [1.82, 2.24) is 9.47 Å². The summed E-state index contributed by atoms with van der Waals surface area (Å²) in [6.45, 7) is 1.26. The van der Waals surface area contributed by atoms with Crippen LogP contribution >= 0.6 is 0 Å². The second kappa shape index (κ2) is 3.61. The minimum Gasteiger partial charge on any atom is -0.350 e. The molecule has 0 saturated carbocycles. The van der Waals surface area contributed by atoms with Gasteiger partial charge in [0, 0.05) is 36.1 Å². The van der Waals surface area contributed by atoms with Crippen molar-refractivity contribution in [3.63, 3.8) is 0 Å². The number of aryl methyl sites for hydroxylation is 1. The van der Waals surface area contributed by atoms with Gasteiger partial charge in [-0.1, -0.05) is 12.1 Å². The summed E-state index contributed by atoms with van der Waals surface area (Å²) in [7, 11) is 4.47. The second-order valence-electron chi connectivity index (χ2n) is 6.01. The van der Waals surface area contributed by atoms with E-state index in [1.807, 2.05) is 0 Å². The van der Waals surface area contributed by atoms with Gasteiger partial charge in [0.2, 0.25) is 0 Å². The number of aromatic nitrogens is 1. The average molecular weight is 240 g/mol. The van der Waals surface area contributed by atoms with Crippen LogP contribution in [0.3, 0.4) is 0 Å². The van der Waals surface area contributed by atoms with Gasteiger partial charge in [0.15, 0.2) is 0 Å². The van der Waals surface area contributed by atoms with Crippen molar-refractivity contribution in [2.75, 3.05) is 13.6 Å². The zero-order valence-corrected chi connectivity index (χ0v) is 11.2. The molecule has 0 amide bonds. The standard InChI is InChI=1S/C16H20N2/c1-17-8-4-6-12-13-5-3-7-14-16(13)11(9-15(12)17)10-18(14)2/h3,5,7,10,12,15H,4,6,8-9H2,1-2H3/t12?,15-/m1/s1. The highest BCUT2D eigenvalue weighted by molar-refractivity contribution is 5.89. The Balaban J connectivity index is 1.97. The van der Waals surface area contributed by atoms with Crippen LogP contribution in [-0.4, -0.2) is 29.1 Å². The van der Waals surface area contributed by atoms with Gasteiger partial charge >= 0.3 is 0 Å². The summed E-state index contributed by atoms with van der Waals surface area (Å²) in [5, 5.41) is 1.55. The number of likely N-dealkylation sites (N-methyl/N-ethyl adjacent to an activating group) is 1. The van der Waals surface area contributed by atoms with Gasteiger partial charge in [0.05, 0.1) is 0 Å². The van der Waals surface area contributed by atoms with E-state index >= 15 is 0 Å². The highest BCUT2D eigenvalue weighted by Crippen LogP contribution is 2.43. The molecule has 94 valence electrons. The van der Waals surface area contributed by atoms with Gasteiger partial charge in [-0.15, -0.1) is 0 Å². The van der Waals surface area contributed by atoms with Crippen molar-refractivity contribution in [2.45, 2.75) is 31.2 Å². The van der Waals surface area contributed by atoms with Crippen LogP contribution in [0.4, 0.5) is 0 Å². The molecule has 1 saturated heterocycles. The van der Waals surface area contributed by atoms with Crippen molar-refractivity contribution in [1.29, 1.82) is 0 Å². The van der Waals surface area contributed by atoms with Gasteiger partial charge in [-0.05, 0) is 50.0 Å². The monoisotopic (exact) mass is 240 g/mol. The van der Waals surface area contributed by atoms with Crippen LogP contribution in [0.1, 0.15) is 29.9 Å². The van der Waals surface area contributed by atoms with Gasteiger partial charge in [-0.3, -0.25) is 0 Å². The van der Waals surface area contributed by atoms with E-state index in [0.717, 1.165) is 12.0 Å². The molecule has 1 aliphatic heterocycles. The van der Waals surface area contributed by atoms with E-state index in [4.69, 9.17) is 0 Å². The number of nitrogens with zero attached hydrogens (tertiary/aromatic N) is 2. The smallest absolute Gasteiger partial charge is 0.0483 e. The molecular weight excluding hydrogens is 220 g/mol. The summed E-state index contributed by atoms with van der Waals surface area (Å²) in [5.41, 5.74) is 4.57. The van der Waals surface area contributed by atoms with E-state index in [-0.39, 0.29) is 0 Å². The third kappa shape index (κ3) is 1.27. The predicted molar refractivity (Wildman–Crippen MR) is 75.0 cm³/mol. The molecule has 2 aliphatic rings. The molecule has 0 spiro atoms. The maximum atomic E-state index is 2.57. The first-order valence-electron chi connectivity index (χ1n) is 7.03. The Hall–Kier alpha value is -1.28. The minimum absolute atomic E-state index is 0.722. The fraction of sp³-hybridized carbons (Fsp3) is 0.500. The van der Waals surface area contributed by atoms with E-state index in [9.17, 15) is 0 Å². The Labute approximate surface area is 108 Å². The molecule has 2 aromatic rings. The summed E-state index contributed by atoms with van der Waals surface area (Å²) in [5.74, 6) is 0.752. The quantitative estimate of drug-likeness (QED) is 0.687. The van der Waals surface area contributed by atoms with E-state index in [1.165, 1.54) is 31.3 Å². The van der Waals surface area contributed by atoms with Crippen molar-refractivity contribution >= 4 is 10.9 Å². The lowest BCUT2D eigenvalue weighted by Crippen LogP contribution is -2.44. The first-order chi connectivity index (χ1) is 8.75. The van der Waals surface area contributed by atoms with Crippen molar-refractivity contribution in [2.24, 2.45) is 7.05 Å². The first-order valence-corrected chi connectivity index (χ1v) is 7.03. The molecule has 1 aliphatic carbocycles. The Morgan fingerprint density at radius 1 is 1.22 bits per heavy atom. The third-order valence-electron chi connectivity index (χ3n) is 5.01. The molecule has 2 nitrogen and oxygen atoms in total.